The van der Waals surface area contributed by atoms with E-state index in [1.54, 1.807) is 0 Å². The second-order valence-corrected chi connectivity index (χ2v) is 4.33. The molecule has 1 aliphatic rings. The van der Waals surface area contributed by atoms with Crippen LogP contribution in [0.25, 0.3) is 0 Å². The van der Waals surface area contributed by atoms with E-state index >= 15 is 0 Å². The number of hydrogen-bond acceptors (Lipinski definition) is 1. The summed E-state index contributed by atoms with van der Waals surface area (Å²) in [6.07, 6.45) is 4.97. The van der Waals surface area contributed by atoms with E-state index in [2.05, 4.69) is 6.92 Å². The van der Waals surface area contributed by atoms with E-state index in [-0.39, 0.29) is 5.41 Å². The zero-order valence-corrected chi connectivity index (χ0v) is 7.28. The highest BCUT2D eigenvalue weighted by molar-refractivity contribution is 4.92. The van der Waals surface area contributed by atoms with Gasteiger partial charge in [0.15, 0.2) is 0 Å². The first-order chi connectivity index (χ1) is 4.46. The summed E-state index contributed by atoms with van der Waals surface area (Å²) >= 11 is 0. The van der Waals surface area contributed by atoms with Crippen molar-refractivity contribution >= 4 is 0 Å². The van der Waals surface area contributed by atoms with Gasteiger partial charge in [0.2, 0.25) is 0 Å². The summed E-state index contributed by atoms with van der Waals surface area (Å²) in [5.74, 6) is 0. The van der Waals surface area contributed by atoms with Gasteiger partial charge < -0.3 is 5.11 Å². The average Bonchev–Trinajstić information content (AvgIpc) is 2.13. The molecule has 0 aromatic rings. The molecule has 0 atom stereocenters. The molecule has 1 saturated carbocycles. The van der Waals surface area contributed by atoms with Crippen molar-refractivity contribution in [3.63, 3.8) is 0 Å². The molecule has 0 spiro atoms. The van der Waals surface area contributed by atoms with Crippen molar-refractivity contribution in [1.29, 1.82) is 0 Å². The van der Waals surface area contributed by atoms with Gasteiger partial charge >= 0.3 is 0 Å². The van der Waals surface area contributed by atoms with Gasteiger partial charge in [0.1, 0.15) is 0 Å². The van der Waals surface area contributed by atoms with Crippen LogP contribution in [-0.4, -0.2) is 10.7 Å². The van der Waals surface area contributed by atoms with E-state index in [1.807, 2.05) is 13.8 Å². The van der Waals surface area contributed by atoms with Crippen LogP contribution in [0.2, 0.25) is 0 Å². The Morgan fingerprint density at radius 1 is 1.20 bits per heavy atom. The largest absolute Gasteiger partial charge is 0.390 e. The Balaban J connectivity index is 2.67. The van der Waals surface area contributed by atoms with Crippen LogP contribution in [0, 0.1) is 5.41 Å². The highest BCUT2D eigenvalue weighted by Gasteiger charge is 2.41. The Bertz CT molecular complexity index is 115. The highest BCUT2D eigenvalue weighted by atomic mass is 16.3. The molecule has 0 aromatic heterocycles. The van der Waals surface area contributed by atoms with Crippen molar-refractivity contribution in [2.45, 2.75) is 52.1 Å². The van der Waals surface area contributed by atoms with Crippen LogP contribution in [0.3, 0.4) is 0 Å². The summed E-state index contributed by atoms with van der Waals surface area (Å²) in [6, 6.07) is 0. The van der Waals surface area contributed by atoms with Crippen LogP contribution in [-0.2, 0) is 0 Å². The molecule has 1 N–H and O–H groups in total. The third-order valence-electron chi connectivity index (χ3n) is 3.18. The summed E-state index contributed by atoms with van der Waals surface area (Å²) in [4.78, 5) is 0. The van der Waals surface area contributed by atoms with Crippen LogP contribution in [0.5, 0.6) is 0 Å². The molecule has 0 saturated heterocycles. The monoisotopic (exact) mass is 142 g/mol. The standard InChI is InChI=1S/C9H18O/c1-8(2,10)9(3)6-4-5-7-9/h10H,4-7H2,1-3H3. The molecule has 0 aromatic carbocycles. The summed E-state index contributed by atoms with van der Waals surface area (Å²) in [7, 11) is 0. The Kier molecular flexibility index (Phi) is 1.80. The SMILES string of the molecule is CC(C)(O)C1(C)CCCC1. The zero-order chi connectivity index (χ0) is 7.83. The second-order valence-electron chi connectivity index (χ2n) is 4.33. The molecule has 1 heteroatoms. The summed E-state index contributed by atoms with van der Waals surface area (Å²) in [6.45, 7) is 6.05. The lowest BCUT2D eigenvalue weighted by molar-refractivity contribution is -0.0414. The fraction of sp³-hybridized carbons (Fsp3) is 1.00. The van der Waals surface area contributed by atoms with Crippen molar-refractivity contribution < 1.29 is 5.11 Å². The van der Waals surface area contributed by atoms with Gasteiger partial charge in [-0.2, -0.15) is 0 Å². The Morgan fingerprint density at radius 2 is 1.60 bits per heavy atom. The van der Waals surface area contributed by atoms with E-state index in [1.165, 1.54) is 25.7 Å². The van der Waals surface area contributed by atoms with Gasteiger partial charge in [0.05, 0.1) is 5.60 Å². The van der Waals surface area contributed by atoms with Gasteiger partial charge in [-0.05, 0) is 32.1 Å². The van der Waals surface area contributed by atoms with E-state index in [4.69, 9.17) is 0 Å². The molecule has 1 fully saturated rings. The summed E-state index contributed by atoms with van der Waals surface area (Å²) in [5, 5.41) is 9.78. The molecule has 0 radical (unpaired) electrons. The maximum Gasteiger partial charge on any atom is 0.0645 e. The molecule has 1 rings (SSSR count). The molecule has 0 heterocycles. The van der Waals surface area contributed by atoms with Crippen LogP contribution in [0.1, 0.15) is 46.5 Å². The first-order valence-corrected chi connectivity index (χ1v) is 4.18. The summed E-state index contributed by atoms with van der Waals surface area (Å²) < 4.78 is 0. The van der Waals surface area contributed by atoms with E-state index in [9.17, 15) is 5.11 Å². The minimum Gasteiger partial charge on any atom is -0.390 e. The molecule has 0 amide bonds. The first kappa shape index (κ1) is 8.06. The molecular weight excluding hydrogens is 124 g/mol. The maximum absolute atomic E-state index is 9.78. The lowest BCUT2D eigenvalue weighted by atomic mass is 9.74. The Hall–Kier alpha value is -0.0400. The van der Waals surface area contributed by atoms with E-state index < -0.39 is 5.60 Å². The van der Waals surface area contributed by atoms with Crippen molar-refractivity contribution in [3.05, 3.63) is 0 Å². The lowest BCUT2D eigenvalue weighted by Gasteiger charge is -2.36. The van der Waals surface area contributed by atoms with Crippen molar-refractivity contribution in [2.24, 2.45) is 5.41 Å². The fourth-order valence-electron chi connectivity index (χ4n) is 1.77. The normalized spacial score (nSPS) is 25.2. The lowest BCUT2D eigenvalue weighted by Crippen LogP contribution is -2.38. The van der Waals surface area contributed by atoms with Gasteiger partial charge in [0, 0.05) is 0 Å². The molecule has 0 unspecified atom stereocenters. The predicted octanol–water partition coefficient (Wildman–Crippen LogP) is 2.34. The number of rotatable bonds is 1. The third kappa shape index (κ3) is 1.20. The Labute approximate surface area is 63.4 Å². The van der Waals surface area contributed by atoms with Gasteiger partial charge in [-0.1, -0.05) is 19.8 Å². The Morgan fingerprint density at radius 3 is 1.80 bits per heavy atom. The summed E-state index contributed by atoms with van der Waals surface area (Å²) in [5.41, 5.74) is -0.295. The van der Waals surface area contributed by atoms with E-state index in [0.29, 0.717) is 0 Å². The van der Waals surface area contributed by atoms with Gasteiger partial charge in [-0.3, -0.25) is 0 Å². The maximum atomic E-state index is 9.78. The van der Waals surface area contributed by atoms with Crippen LogP contribution in [0.15, 0.2) is 0 Å². The minimum absolute atomic E-state index is 0.188. The van der Waals surface area contributed by atoms with Gasteiger partial charge in [-0.15, -0.1) is 0 Å². The molecule has 0 bridgehead atoms. The van der Waals surface area contributed by atoms with Crippen LogP contribution in [0.4, 0.5) is 0 Å². The predicted molar refractivity (Wildman–Crippen MR) is 42.9 cm³/mol. The van der Waals surface area contributed by atoms with Gasteiger partial charge in [-0.25, -0.2) is 0 Å². The zero-order valence-electron chi connectivity index (χ0n) is 7.28. The molecule has 0 aliphatic heterocycles. The third-order valence-corrected chi connectivity index (χ3v) is 3.18. The highest BCUT2D eigenvalue weighted by Crippen LogP contribution is 2.45. The van der Waals surface area contributed by atoms with Crippen LogP contribution < -0.4 is 0 Å². The smallest absolute Gasteiger partial charge is 0.0645 e. The van der Waals surface area contributed by atoms with Gasteiger partial charge in [0.25, 0.3) is 0 Å². The quantitative estimate of drug-likeness (QED) is 0.595. The first-order valence-electron chi connectivity index (χ1n) is 4.18. The molecule has 1 aliphatic carbocycles. The van der Waals surface area contributed by atoms with Crippen molar-refractivity contribution in [3.8, 4) is 0 Å². The number of aliphatic hydroxyl groups is 1. The average molecular weight is 142 g/mol. The number of hydrogen-bond donors (Lipinski definition) is 1. The molecular formula is C9H18O. The molecule has 10 heavy (non-hydrogen) atoms. The van der Waals surface area contributed by atoms with Crippen LogP contribution >= 0.6 is 0 Å². The van der Waals surface area contributed by atoms with E-state index in [0.717, 1.165) is 0 Å². The van der Waals surface area contributed by atoms with Crippen molar-refractivity contribution in [1.82, 2.24) is 0 Å². The second kappa shape index (κ2) is 2.23. The molecule has 60 valence electrons. The van der Waals surface area contributed by atoms with Crippen molar-refractivity contribution in [2.75, 3.05) is 0 Å². The minimum atomic E-state index is -0.483. The topological polar surface area (TPSA) is 20.2 Å². The molecule has 1 nitrogen and oxygen atoms in total. The fourth-order valence-corrected chi connectivity index (χ4v) is 1.77.